The van der Waals surface area contributed by atoms with E-state index in [-0.39, 0.29) is 0 Å². The van der Waals surface area contributed by atoms with Gasteiger partial charge in [-0.2, -0.15) is 13.2 Å². The van der Waals surface area contributed by atoms with Gasteiger partial charge in [-0.05, 0) is 27.2 Å². The van der Waals surface area contributed by atoms with Gasteiger partial charge in [0.25, 0.3) is 0 Å². The molecule has 0 aliphatic heterocycles. The monoisotopic (exact) mass is 285 g/mol. The van der Waals surface area contributed by atoms with Crippen LogP contribution in [0.2, 0.25) is 0 Å². The molecule has 0 saturated carbocycles. The summed E-state index contributed by atoms with van der Waals surface area (Å²) in [5.41, 5.74) is -0.858. The maximum atomic E-state index is 12.3. The van der Waals surface area contributed by atoms with Crippen molar-refractivity contribution in [2.24, 2.45) is 5.92 Å². The zero-order valence-corrected chi connectivity index (χ0v) is 11.2. The third-order valence-electron chi connectivity index (χ3n) is 2.14. The second-order valence-corrected chi connectivity index (χ2v) is 5.22. The number of hydrogen-bond donors (Lipinski definition) is 2. The number of alkyl halides is 3. The van der Waals surface area contributed by atoms with Crippen LogP contribution in [0.4, 0.5) is 18.0 Å². The molecular weight excluding hydrogens is 267 g/mol. The van der Waals surface area contributed by atoms with Gasteiger partial charge in [0, 0.05) is 0 Å². The maximum absolute atomic E-state index is 12.3. The third kappa shape index (κ3) is 7.53. The van der Waals surface area contributed by atoms with Crippen LogP contribution in [-0.2, 0) is 9.53 Å². The predicted octanol–water partition coefficient (Wildman–Crippen LogP) is 2.55. The van der Waals surface area contributed by atoms with E-state index in [1.165, 1.54) is 0 Å². The minimum atomic E-state index is -4.51. The van der Waals surface area contributed by atoms with E-state index in [1.807, 2.05) is 5.32 Å². The lowest BCUT2D eigenvalue weighted by molar-refractivity contribution is -0.174. The number of rotatable bonds is 4. The molecule has 0 aromatic carbocycles. The number of carboxylic acids is 1. The molecule has 0 bridgehead atoms. The SMILES string of the molecule is C[C@H](C[C@@H](NC(=O)OC(C)(C)C)C(=O)O)C(F)(F)F. The van der Waals surface area contributed by atoms with Gasteiger partial charge in [-0.15, -0.1) is 0 Å². The lowest BCUT2D eigenvalue weighted by atomic mass is 10.0. The summed E-state index contributed by atoms with van der Waals surface area (Å²) in [5.74, 6) is -3.38. The Hall–Kier alpha value is -1.47. The van der Waals surface area contributed by atoms with E-state index in [1.54, 1.807) is 20.8 Å². The van der Waals surface area contributed by atoms with Gasteiger partial charge in [0.2, 0.25) is 0 Å². The Kier molecular flexibility index (Phi) is 5.64. The third-order valence-corrected chi connectivity index (χ3v) is 2.14. The molecule has 112 valence electrons. The maximum Gasteiger partial charge on any atom is 0.408 e. The first-order valence-electron chi connectivity index (χ1n) is 5.62. The van der Waals surface area contributed by atoms with Crippen molar-refractivity contribution >= 4 is 12.1 Å². The summed E-state index contributed by atoms with van der Waals surface area (Å²) in [6, 6.07) is -1.65. The number of halogens is 3. The van der Waals surface area contributed by atoms with Crippen molar-refractivity contribution in [1.29, 1.82) is 0 Å². The number of carboxylic acid groups (broad SMARTS) is 1. The Labute approximate surface area is 109 Å². The second-order valence-electron chi connectivity index (χ2n) is 5.22. The molecule has 0 aliphatic rings. The standard InChI is InChI=1S/C11H18F3NO4/c1-6(11(12,13)14)5-7(8(16)17)15-9(18)19-10(2,3)4/h6-7H,5H2,1-4H3,(H,15,18)(H,16,17)/t6-,7-/m1/s1. The van der Waals surface area contributed by atoms with Crippen molar-refractivity contribution < 1.29 is 32.6 Å². The number of alkyl carbamates (subject to hydrolysis) is 1. The van der Waals surface area contributed by atoms with Gasteiger partial charge >= 0.3 is 18.2 Å². The molecule has 0 radical (unpaired) electrons. The van der Waals surface area contributed by atoms with E-state index in [0.29, 0.717) is 0 Å². The number of nitrogens with one attached hydrogen (secondary N) is 1. The summed E-state index contributed by atoms with van der Waals surface area (Å²) < 4.78 is 41.8. The zero-order valence-electron chi connectivity index (χ0n) is 11.2. The molecule has 19 heavy (non-hydrogen) atoms. The highest BCUT2D eigenvalue weighted by molar-refractivity contribution is 5.80. The fourth-order valence-electron chi connectivity index (χ4n) is 1.16. The first-order chi connectivity index (χ1) is 8.33. The minimum Gasteiger partial charge on any atom is -0.480 e. The van der Waals surface area contributed by atoms with Crippen LogP contribution in [0.3, 0.4) is 0 Å². The van der Waals surface area contributed by atoms with Crippen LogP contribution < -0.4 is 5.32 Å². The summed E-state index contributed by atoms with van der Waals surface area (Å²) in [6.07, 6.45) is -6.32. The molecule has 5 nitrogen and oxygen atoms in total. The summed E-state index contributed by atoms with van der Waals surface area (Å²) >= 11 is 0. The van der Waals surface area contributed by atoms with Crippen LogP contribution in [0.5, 0.6) is 0 Å². The summed E-state index contributed by atoms with van der Waals surface area (Å²) in [5, 5.41) is 10.7. The topological polar surface area (TPSA) is 75.6 Å². The number of ether oxygens (including phenoxy) is 1. The Morgan fingerprint density at radius 3 is 2.05 bits per heavy atom. The van der Waals surface area contributed by atoms with E-state index < -0.39 is 42.2 Å². The van der Waals surface area contributed by atoms with E-state index in [4.69, 9.17) is 9.84 Å². The molecule has 0 unspecified atom stereocenters. The minimum absolute atomic E-state index is 0.752. The lowest BCUT2D eigenvalue weighted by Gasteiger charge is -2.24. The van der Waals surface area contributed by atoms with Gasteiger partial charge in [-0.3, -0.25) is 0 Å². The molecule has 0 aliphatic carbocycles. The van der Waals surface area contributed by atoms with Crippen molar-refractivity contribution in [3.63, 3.8) is 0 Å². The van der Waals surface area contributed by atoms with Crippen LogP contribution in [0, 0.1) is 5.92 Å². The molecular formula is C11H18F3NO4. The molecule has 8 heteroatoms. The zero-order chi connectivity index (χ0) is 15.4. The van der Waals surface area contributed by atoms with Crippen LogP contribution in [0.1, 0.15) is 34.1 Å². The average molecular weight is 285 g/mol. The molecule has 0 saturated heterocycles. The van der Waals surface area contributed by atoms with E-state index in [2.05, 4.69) is 0 Å². The molecule has 0 fully saturated rings. The number of carbonyl (C=O) groups excluding carboxylic acids is 1. The van der Waals surface area contributed by atoms with Crippen LogP contribution in [-0.4, -0.2) is 35.0 Å². The quantitative estimate of drug-likeness (QED) is 0.832. The normalized spacial score (nSPS) is 15.5. The molecule has 0 spiro atoms. The molecule has 0 aromatic rings. The Balaban J connectivity index is 4.60. The summed E-state index contributed by atoms with van der Waals surface area (Å²) in [7, 11) is 0. The van der Waals surface area contributed by atoms with Crippen molar-refractivity contribution in [3.8, 4) is 0 Å². The fraction of sp³-hybridized carbons (Fsp3) is 0.818. The first-order valence-corrected chi connectivity index (χ1v) is 5.62. The summed E-state index contributed by atoms with van der Waals surface area (Å²) in [6.45, 7) is 5.52. The smallest absolute Gasteiger partial charge is 0.408 e. The molecule has 1 amide bonds. The Bertz CT molecular complexity index is 336. The summed E-state index contributed by atoms with van der Waals surface area (Å²) in [4.78, 5) is 22.2. The van der Waals surface area contributed by atoms with Crippen molar-refractivity contribution in [3.05, 3.63) is 0 Å². The number of aliphatic carboxylic acids is 1. The highest BCUT2D eigenvalue weighted by Gasteiger charge is 2.39. The van der Waals surface area contributed by atoms with Crippen molar-refractivity contribution in [1.82, 2.24) is 5.32 Å². The Morgan fingerprint density at radius 2 is 1.74 bits per heavy atom. The molecule has 0 rings (SSSR count). The van der Waals surface area contributed by atoms with Crippen LogP contribution in [0.25, 0.3) is 0 Å². The largest absolute Gasteiger partial charge is 0.480 e. The number of amides is 1. The first kappa shape index (κ1) is 17.5. The predicted molar refractivity (Wildman–Crippen MR) is 60.6 cm³/mol. The van der Waals surface area contributed by atoms with Crippen molar-refractivity contribution in [2.45, 2.75) is 51.9 Å². The fourth-order valence-corrected chi connectivity index (χ4v) is 1.16. The van der Waals surface area contributed by atoms with Gasteiger partial charge in [0.1, 0.15) is 11.6 Å². The van der Waals surface area contributed by atoms with E-state index in [0.717, 1.165) is 6.92 Å². The number of hydrogen-bond acceptors (Lipinski definition) is 3. The van der Waals surface area contributed by atoms with E-state index >= 15 is 0 Å². The highest BCUT2D eigenvalue weighted by atomic mass is 19.4. The van der Waals surface area contributed by atoms with E-state index in [9.17, 15) is 22.8 Å². The van der Waals surface area contributed by atoms with Crippen molar-refractivity contribution in [2.75, 3.05) is 0 Å². The molecule has 2 atom stereocenters. The second kappa shape index (κ2) is 6.12. The van der Waals surface area contributed by atoms with Gasteiger partial charge in [-0.25, -0.2) is 9.59 Å². The van der Waals surface area contributed by atoms with Crippen LogP contribution in [0.15, 0.2) is 0 Å². The molecule has 0 heterocycles. The lowest BCUT2D eigenvalue weighted by Crippen LogP contribution is -2.45. The van der Waals surface area contributed by atoms with Gasteiger partial charge in [0.15, 0.2) is 0 Å². The molecule has 0 aromatic heterocycles. The van der Waals surface area contributed by atoms with Crippen LogP contribution >= 0.6 is 0 Å². The Morgan fingerprint density at radius 1 is 1.26 bits per heavy atom. The van der Waals surface area contributed by atoms with Gasteiger partial charge in [-0.1, -0.05) is 6.92 Å². The van der Waals surface area contributed by atoms with Gasteiger partial charge in [0.05, 0.1) is 5.92 Å². The average Bonchev–Trinajstić information content (AvgIpc) is 2.11. The molecule has 2 N–H and O–H groups in total. The van der Waals surface area contributed by atoms with Gasteiger partial charge < -0.3 is 15.2 Å². The number of carbonyl (C=O) groups is 2. The highest BCUT2D eigenvalue weighted by Crippen LogP contribution is 2.29.